The maximum absolute atomic E-state index is 5.97. The Morgan fingerprint density at radius 3 is 2.65 bits per heavy atom. The molecule has 0 bridgehead atoms. The van der Waals surface area contributed by atoms with Gasteiger partial charge < -0.3 is 5.73 Å². The number of nitrogen functional groups attached to an aromatic ring is 1. The van der Waals surface area contributed by atoms with Gasteiger partial charge in [-0.2, -0.15) is 0 Å². The molecule has 1 aromatic carbocycles. The predicted octanol–water partition coefficient (Wildman–Crippen LogP) is 4.76. The molecule has 0 atom stereocenters. The highest BCUT2D eigenvalue weighted by Crippen LogP contribution is 2.33. The molecule has 2 rings (SSSR count). The molecule has 2 N–H and O–H groups in total. The molecule has 0 saturated heterocycles. The lowest BCUT2D eigenvalue weighted by Gasteiger charge is -1.96. The van der Waals surface area contributed by atoms with Gasteiger partial charge in [0.2, 0.25) is 0 Å². The van der Waals surface area contributed by atoms with Crippen LogP contribution in [0.25, 0.3) is 0 Å². The van der Waals surface area contributed by atoms with Gasteiger partial charge in [0.1, 0.15) is 5.69 Å². The van der Waals surface area contributed by atoms with Gasteiger partial charge in [0.15, 0.2) is 10.1 Å². The molecule has 0 aliphatic heterocycles. The molecule has 0 aliphatic carbocycles. The van der Waals surface area contributed by atoms with E-state index in [1.165, 1.54) is 11.3 Å². The van der Waals surface area contributed by atoms with Crippen molar-refractivity contribution < 1.29 is 0 Å². The van der Waals surface area contributed by atoms with Gasteiger partial charge in [0, 0.05) is 5.02 Å². The molecule has 7 heteroatoms. The van der Waals surface area contributed by atoms with E-state index in [0.717, 1.165) is 5.69 Å². The zero-order chi connectivity index (χ0) is 12.4. The smallest absolute Gasteiger partial charge is 0.182 e. The molecule has 2 aromatic rings. The molecule has 0 unspecified atom stereocenters. The summed E-state index contributed by atoms with van der Waals surface area (Å²) in [7, 11) is 0. The van der Waals surface area contributed by atoms with Gasteiger partial charge in [-0.05, 0) is 25.1 Å². The minimum Gasteiger partial charge on any atom is -0.375 e. The van der Waals surface area contributed by atoms with Crippen LogP contribution in [0.5, 0.6) is 0 Å². The van der Waals surface area contributed by atoms with E-state index in [9.17, 15) is 0 Å². The number of anilines is 1. The Balaban J connectivity index is 2.29. The van der Waals surface area contributed by atoms with E-state index >= 15 is 0 Å². The van der Waals surface area contributed by atoms with Crippen LogP contribution in [0.2, 0.25) is 10.0 Å². The normalized spacial score (nSPS) is 11.2. The van der Waals surface area contributed by atoms with E-state index in [0.29, 0.717) is 25.9 Å². The van der Waals surface area contributed by atoms with Crippen LogP contribution in [0.4, 0.5) is 15.8 Å². The van der Waals surface area contributed by atoms with Gasteiger partial charge in [-0.1, -0.05) is 34.5 Å². The van der Waals surface area contributed by atoms with Crippen molar-refractivity contribution >= 4 is 50.4 Å². The molecule has 4 nitrogen and oxygen atoms in total. The zero-order valence-electron chi connectivity index (χ0n) is 8.82. The van der Waals surface area contributed by atoms with Crippen LogP contribution in [-0.4, -0.2) is 4.98 Å². The van der Waals surface area contributed by atoms with Gasteiger partial charge in [-0.15, -0.1) is 10.2 Å². The Morgan fingerprint density at radius 1 is 1.29 bits per heavy atom. The number of rotatable bonds is 2. The summed E-state index contributed by atoms with van der Waals surface area (Å²) in [5.41, 5.74) is 6.87. The second kappa shape index (κ2) is 5.00. The average molecular weight is 287 g/mol. The van der Waals surface area contributed by atoms with Crippen LogP contribution in [0, 0.1) is 6.92 Å². The van der Waals surface area contributed by atoms with E-state index in [-0.39, 0.29) is 0 Å². The summed E-state index contributed by atoms with van der Waals surface area (Å²) < 4.78 is 0. The first-order valence-electron chi connectivity index (χ1n) is 4.66. The lowest BCUT2D eigenvalue weighted by Crippen LogP contribution is -1.80. The maximum atomic E-state index is 5.97. The van der Waals surface area contributed by atoms with Gasteiger partial charge in [0.05, 0.1) is 10.7 Å². The maximum Gasteiger partial charge on any atom is 0.182 e. The predicted molar refractivity (Wildman–Crippen MR) is 71.9 cm³/mol. The zero-order valence-corrected chi connectivity index (χ0v) is 11.1. The SMILES string of the molecule is Cc1nc(N)sc1N=Nc1ccc(Cl)cc1Cl. The van der Waals surface area contributed by atoms with Crippen molar-refractivity contribution in [2.75, 3.05) is 5.73 Å². The standard InChI is InChI=1S/C10H8Cl2N4S/c1-5-9(17-10(13)14-5)16-15-8-3-2-6(11)4-7(8)12/h2-4H,1H3,(H2,13,14). The number of halogens is 2. The third-order valence-electron chi connectivity index (χ3n) is 1.95. The topological polar surface area (TPSA) is 63.6 Å². The van der Waals surface area contributed by atoms with Crippen LogP contribution in [-0.2, 0) is 0 Å². The molecule has 17 heavy (non-hydrogen) atoms. The third-order valence-corrected chi connectivity index (χ3v) is 3.36. The highest BCUT2D eigenvalue weighted by molar-refractivity contribution is 7.19. The Hall–Kier alpha value is -1.17. The lowest BCUT2D eigenvalue weighted by molar-refractivity contribution is 1.19. The average Bonchev–Trinajstić information content (AvgIpc) is 2.56. The molecule has 0 radical (unpaired) electrons. The van der Waals surface area contributed by atoms with E-state index in [1.54, 1.807) is 18.2 Å². The molecule has 0 aliphatic rings. The Kier molecular flexibility index (Phi) is 3.61. The molecule has 1 aromatic heterocycles. The van der Waals surface area contributed by atoms with Crippen molar-refractivity contribution in [2.45, 2.75) is 6.92 Å². The number of nitrogens with two attached hydrogens (primary N) is 1. The molecule has 0 saturated carbocycles. The minimum atomic E-state index is 0.455. The molecule has 88 valence electrons. The van der Waals surface area contributed by atoms with Gasteiger partial charge in [0.25, 0.3) is 0 Å². The second-order valence-electron chi connectivity index (χ2n) is 3.24. The van der Waals surface area contributed by atoms with Crippen molar-refractivity contribution in [3.8, 4) is 0 Å². The summed E-state index contributed by atoms with van der Waals surface area (Å²) in [5.74, 6) is 0. The lowest BCUT2D eigenvalue weighted by atomic mass is 10.3. The van der Waals surface area contributed by atoms with Crippen molar-refractivity contribution in [2.24, 2.45) is 10.2 Å². The highest BCUT2D eigenvalue weighted by atomic mass is 35.5. The highest BCUT2D eigenvalue weighted by Gasteiger charge is 2.04. The number of nitrogens with zero attached hydrogens (tertiary/aromatic N) is 3. The molecule has 0 fully saturated rings. The molecule has 1 heterocycles. The summed E-state index contributed by atoms with van der Waals surface area (Å²) in [6.45, 7) is 1.82. The van der Waals surface area contributed by atoms with Crippen LogP contribution >= 0.6 is 34.5 Å². The molecular formula is C10H8Cl2N4S. The molecule has 0 amide bonds. The Morgan fingerprint density at radius 2 is 2.06 bits per heavy atom. The van der Waals surface area contributed by atoms with Crippen LogP contribution in [0.15, 0.2) is 28.4 Å². The third kappa shape index (κ3) is 2.94. The van der Waals surface area contributed by atoms with Gasteiger partial charge >= 0.3 is 0 Å². The second-order valence-corrected chi connectivity index (χ2v) is 5.09. The number of hydrogen-bond donors (Lipinski definition) is 1. The largest absolute Gasteiger partial charge is 0.375 e. The van der Waals surface area contributed by atoms with Crippen molar-refractivity contribution in [3.63, 3.8) is 0 Å². The summed E-state index contributed by atoms with van der Waals surface area (Å²) >= 11 is 13.0. The van der Waals surface area contributed by atoms with E-state index in [2.05, 4.69) is 15.2 Å². The Bertz CT molecular complexity index is 580. The van der Waals surface area contributed by atoms with E-state index in [1.807, 2.05) is 6.92 Å². The van der Waals surface area contributed by atoms with Crippen LogP contribution in [0.1, 0.15) is 5.69 Å². The van der Waals surface area contributed by atoms with Crippen molar-refractivity contribution in [1.29, 1.82) is 0 Å². The monoisotopic (exact) mass is 286 g/mol. The van der Waals surface area contributed by atoms with Gasteiger partial charge in [-0.3, -0.25) is 0 Å². The molecular weight excluding hydrogens is 279 g/mol. The Labute approximate surface area is 112 Å². The first-order valence-corrected chi connectivity index (χ1v) is 6.23. The minimum absolute atomic E-state index is 0.455. The number of thiazole rings is 1. The van der Waals surface area contributed by atoms with Crippen LogP contribution < -0.4 is 5.73 Å². The number of azo groups is 1. The van der Waals surface area contributed by atoms with E-state index in [4.69, 9.17) is 28.9 Å². The summed E-state index contributed by atoms with van der Waals surface area (Å²) in [6, 6.07) is 5.02. The quantitative estimate of drug-likeness (QED) is 0.809. The summed E-state index contributed by atoms with van der Waals surface area (Å²) in [6.07, 6.45) is 0. The molecule has 0 spiro atoms. The number of benzene rings is 1. The fraction of sp³-hybridized carbons (Fsp3) is 0.100. The fourth-order valence-corrected chi connectivity index (χ4v) is 2.27. The van der Waals surface area contributed by atoms with Gasteiger partial charge in [-0.25, -0.2) is 4.98 Å². The van der Waals surface area contributed by atoms with Crippen LogP contribution in [0.3, 0.4) is 0 Å². The van der Waals surface area contributed by atoms with Crippen molar-refractivity contribution in [3.05, 3.63) is 33.9 Å². The number of hydrogen-bond acceptors (Lipinski definition) is 5. The number of aromatic nitrogens is 1. The first kappa shape index (κ1) is 12.3. The first-order chi connectivity index (χ1) is 8.06. The van der Waals surface area contributed by atoms with E-state index < -0.39 is 0 Å². The summed E-state index contributed by atoms with van der Waals surface area (Å²) in [5, 5.41) is 10.3. The van der Waals surface area contributed by atoms with Crippen molar-refractivity contribution in [1.82, 2.24) is 4.98 Å². The summed E-state index contributed by atoms with van der Waals surface area (Å²) in [4.78, 5) is 4.05. The number of aryl methyl sites for hydroxylation is 1. The fourth-order valence-electron chi connectivity index (χ4n) is 1.16.